The summed E-state index contributed by atoms with van der Waals surface area (Å²) in [6.45, 7) is 0.842. The van der Waals surface area contributed by atoms with Crippen molar-refractivity contribution >= 4 is 33.5 Å². The highest BCUT2D eigenvalue weighted by Crippen LogP contribution is 2.19. The van der Waals surface area contributed by atoms with Crippen molar-refractivity contribution in [3.63, 3.8) is 0 Å². The van der Waals surface area contributed by atoms with Gasteiger partial charge in [0.2, 0.25) is 5.91 Å². The molecule has 1 aliphatic heterocycles. The summed E-state index contributed by atoms with van der Waals surface area (Å²) in [5.74, 6) is -1.20. The van der Waals surface area contributed by atoms with Crippen molar-refractivity contribution in [1.82, 2.24) is 4.90 Å². The number of halogens is 1. The quantitative estimate of drug-likeness (QED) is 0.755. The Morgan fingerprint density at radius 2 is 2.05 bits per heavy atom. The summed E-state index contributed by atoms with van der Waals surface area (Å²) in [7, 11) is 0. The summed E-state index contributed by atoms with van der Waals surface area (Å²) in [5, 5.41) is 11.8. The van der Waals surface area contributed by atoms with Crippen molar-refractivity contribution in [2.75, 3.05) is 25.0 Å². The summed E-state index contributed by atoms with van der Waals surface area (Å²) in [6.07, 6.45) is 0.355. The molecule has 1 heterocycles. The number of rotatable bonds is 4. The molecule has 1 unspecified atom stereocenters. The number of carbonyl (C=O) groups excluding carboxylic acids is 1. The van der Waals surface area contributed by atoms with Crippen LogP contribution in [0.3, 0.4) is 0 Å². The second-order valence-corrected chi connectivity index (χ2v) is 5.89. The van der Waals surface area contributed by atoms with E-state index in [1.807, 2.05) is 12.1 Å². The standard InChI is InChI=1S/C13H16BrN3O3/c14-9-1-3-10(4-2-9)16-11(18)7-17-6-5-13(15,8-17)12(19)20/h1-4H,5-8,15H2,(H,16,18)(H,19,20). The van der Waals surface area contributed by atoms with E-state index in [1.165, 1.54) is 0 Å². The number of carboxylic acid groups (broad SMARTS) is 1. The minimum atomic E-state index is -1.24. The van der Waals surface area contributed by atoms with Crippen LogP contribution in [0.2, 0.25) is 0 Å². The van der Waals surface area contributed by atoms with Crippen LogP contribution in [-0.4, -0.2) is 47.1 Å². The lowest BCUT2D eigenvalue weighted by Crippen LogP contribution is -2.50. The highest BCUT2D eigenvalue weighted by molar-refractivity contribution is 9.10. The first-order valence-corrected chi connectivity index (χ1v) is 6.98. The van der Waals surface area contributed by atoms with Gasteiger partial charge in [-0.3, -0.25) is 14.5 Å². The van der Waals surface area contributed by atoms with Gasteiger partial charge in [-0.2, -0.15) is 0 Å². The average Bonchev–Trinajstić information content (AvgIpc) is 2.75. The molecule has 0 aromatic heterocycles. The number of likely N-dealkylation sites (tertiary alicyclic amines) is 1. The van der Waals surface area contributed by atoms with Gasteiger partial charge in [0, 0.05) is 23.2 Å². The van der Waals surface area contributed by atoms with E-state index in [1.54, 1.807) is 17.0 Å². The van der Waals surface area contributed by atoms with Gasteiger partial charge in [-0.15, -0.1) is 0 Å². The molecule has 6 nitrogen and oxygen atoms in total. The maximum atomic E-state index is 11.9. The highest BCUT2D eigenvalue weighted by atomic mass is 79.9. The Balaban J connectivity index is 1.87. The van der Waals surface area contributed by atoms with Crippen molar-refractivity contribution in [3.8, 4) is 0 Å². The molecule has 1 saturated heterocycles. The zero-order chi connectivity index (χ0) is 14.8. The fourth-order valence-corrected chi connectivity index (χ4v) is 2.43. The normalized spacial score (nSPS) is 22.7. The molecular weight excluding hydrogens is 326 g/mol. The molecular formula is C13H16BrN3O3. The van der Waals surface area contributed by atoms with Gasteiger partial charge in [-0.05, 0) is 30.7 Å². The number of nitrogens with zero attached hydrogens (tertiary/aromatic N) is 1. The molecule has 1 aliphatic rings. The fraction of sp³-hybridized carbons (Fsp3) is 0.385. The summed E-state index contributed by atoms with van der Waals surface area (Å²) in [6, 6.07) is 7.24. The van der Waals surface area contributed by atoms with E-state index in [9.17, 15) is 9.59 Å². The Morgan fingerprint density at radius 1 is 1.40 bits per heavy atom. The third-order valence-corrected chi connectivity index (χ3v) is 3.83. The first kappa shape index (κ1) is 15.0. The SMILES string of the molecule is NC1(C(=O)O)CCN(CC(=O)Nc2ccc(Br)cc2)C1. The van der Waals surface area contributed by atoms with Gasteiger partial charge < -0.3 is 16.2 Å². The monoisotopic (exact) mass is 341 g/mol. The number of nitrogens with one attached hydrogen (secondary N) is 1. The third-order valence-electron chi connectivity index (χ3n) is 3.30. The number of aliphatic carboxylic acids is 1. The minimum Gasteiger partial charge on any atom is -0.480 e. The number of hydrogen-bond acceptors (Lipinski definition) is 4. The second kappa shape index (κ2) is 5.90. The fourth-order valence-electron chi connectivity index (χ4n) is 2.16. The first-order valence-electron chi connectivity index (χ1n) is 6.19. The molecule has 1 aromatic carbocycles. The van der Waals surface area contributed by atoms with E-state index in [2.05, 4.69) is 21.2 Å². The molecule has 2 rings (SSSR count). The lowest BCUT2D eigenvalue weighted by Gasteiger charge is -2.19. The molecule has 1 aromatic rings. The largest absolute Gasteiger partial charge is 0.480 e. The molecule has 0 bridgehead atoms. The molecule has 0 spiro atoms. The van der Waals surface area contributed by atoms with Crippen LogP contribution in [0.15, 0.2) is 28.7 Å². The average molecular weight is 342 g/mol. The van der Waals surface area contributed by atoms with E-state index >= 15 is 0 Å². The topological polar surface area (TPSA) is 95.7 Å². The smallest absolute Gasteiger partial charge is 0.325 e. The van der Waals surface area contributed by atoms with Crippen molar-refractivity contribution in [2.24, 2.45) is 5.73 Å². The lowest BCUT2D eigenvalue weighted by atomic mass is 10.0. The van der Waals surface area contributed by atoms with Gasteiger partial charge in [-0.1, -0.05) is 15.9 Å². The summed E-state index contributed by atoms with van der Waals surface area (Å²) >= 11 is 3.32. The van der Waals surface area contributed by atoms with Crippen LogP contribution in [0.25, 0.3) is 0 Å². The number of hydrogen-bond donors (Lipinski definition) is 3. The van der Waals surface area contributed by atoms with Gasteiger partial charge in [0.15, 0.2) is 0 Å². The van der Waals surface area contributed by atoms with Crippen molar-refractivity contribution < 1.29 is 14.7 Å². The van der Waals surface area contributed by atoms with Crippen LogP contribution >= 0.6 is 15.9 Å². The number of carbonyl (C=O) groups is 2. The maximum absolute atomic E-state index is 11.9. The van der Waals surface area contributed by atoms with Crippen LogP contribution in [-0.2, 0) is 9.59 Å². The molecule has 0 aliphatic carbocycles. The Bertz CT molecular complexity index is 520. The lowest BCUT2D eigenvalue weighted by molar-refractivity contribution is -0.143. The molecule has 108 valence electrons. The third kappa shape index (κ3) is 3.56. The Labute approximate surface area is 125 Å². The Hall–Kier alpha value is -1.44. The Kier molecular flexibility index (Phi) is 4.42. The van der Waals surface area contributed by atoms with Crippen molar-refractivity contribution in [1.29, 1.82) is 0 Å². The summed E-state index contributed by atoms with van der Waals surface area (Å²) in [4.78, 5) is 24.7. The molecule has 0 radical (unpaired) electrons. The highest BCUT2D eigenvalue weighted by Gasteiger charge is 2.41. The molecule has 1 atom stereocenters. The predicted octanol–water partition coefficient (Wildman–Crippen LogP) is 0.875. The van der Waals surface area contributed by atoms with Gasteiger partial charge in [-0.25, -0.2) is 0 Å². The number of amides is 1. The number of carboxylic acids is 1. The van der Waals surface area contributed by atoms with Crippen LogP contribution in [0, 0.1) is 0 Å². The van der Waals surface area contributed by atoms with Gasteiger partial charge in [0.05, 0.1) is 6.54 Å². The molecule has 20 heavy (non-hydrogen) atoms. The number of benzene rings is 1. The molecule has 1 amide bonds. The zero-order valence-electron chi connectivity index (χ0n) is 10.8. The van der Waals surface area contributed by atoms with E-state index < -0.39 is 11.5 Å². The maximum Gasteiger partial charge on any atom is 0.325 e. The van der Waals surface area contributed by atoms with Crippen LogP contribution in [0.1, 0.15) is 6.42 Å². The zero-order valence-corrected chi connectivity index (χ0v) is 12.4. The van der Waals surface area contributed by atoms with Crippen LogP contribution in [0.5, 0.6) is 0 Å². The van der Waals surface area contributed by atoms with Crippen LogP contribution in [0.4, 0.5) is 5.69 Å². The number of anilines is 1. The molecule has 1 fully saturated rings. The van der Waals surface area contributed by atoms with Crippen molar-refractivity contribution in [2.45, 2.75) is 12.0 Å². The summed E-state index contributed by atoms with van der Waals surface area (Å²) in [5.41, 5.74) is 5.22. The van der Waals surface area contributed by atoms with Gasteiger partial charge in [0.25, 0.3) is 0 Å². The van der Waals surface area contributed by atoms with Crippen molar-refractivity contribution in [3.05, 3.63) is 28.7 Å². The molecule has 7 heteroatoms. The van der Waals surface area contributed by atoms with Gasteiger partial charge >= 0.3 is 5.97 Å². The van der Waals surface area contributed by atoms with E-state index in [0.717, 1.165) is 4.47 Å². The van der Waals surface area contributed by atoms with E-state index in [-0.39, 0.29) is 19.0 Å². The molecule has 0 saturated carbocycles. The first-order chi connectivity index (χ1) is 9.39. The number of nitrogens with two attached hydrogens (primary N) is 1. The second-order valence-electron chi connectivity index (χ2n) is 4.98. The summed E-state index contributed by atoms with van der Waals surface area (Å²) < 4.78 is 0.935. The molecule has 4 N–H and O–H groups in total. The van der Waals surface area contributed by atoms with Gasteiger partial charge in [0.1, 0.15) is 5.54 Å². The predicted molar refractivity (Wildman–Crippen MR) is 78.4 cm³/mol. The Morgan fingerprint density at radius 3 is 2.60 bits per heavy atom. The minimum absolute atomic E-state index is 0.141. The van der Waals surface area contributed by atoms with Crippen LogP contribution < -0.4 is 11.1 Å². The van der Waals surface area contributed by atoms with E-state index in [0.29, 0.717) is 18.7 Å². The van der Waals surface area contributed by atoms with E-state index in [4.69, 9.17) is 10.8 Å².